The number of aryl methyl sites for hydroxylation is 1. The Morgan fingerprint density at radius 2 is 1.70 bits per heavy atom. The molecule has 0 bridgehead atoms. The van der Waals surface area contributed by atoms with Gasteiger partial charge < -0.3 is 10.1 Å². The van der Waals surface area contributed by atoms with Crippen molar-refractivity contribution in [2.45, 2.75) is 39.3 Å². The lowest BCUT2D eigenvalue weighted by molar-refractivity contribution is -0.143. The first-order valence-corrected chi connectivity index (χ1v) is 10.1. The Morgan fingerprint density at radius 1 is 1.00 bits per heavy atom. The zero-order chi connectivity index (χ0) is 21.3. The molecule has 7 nitrogen and oxygen atoms in total. The van der Waals surface area contributed by atoms with E-state index in [9.17, 15) is 14.4 Å². The maximum atomic E-state index is 12.7. The molecule has 156 valence electrons. The molecular weight excluding hydrogens is 382 g/mol. The number of rotatable bonds is 9. The summed E-state index contributed by atoms with van der Waals surface area (Å²) >= 11 is 0. The van der Waals surface area contributed by atoms with Crippen LogP contribution in [0.15, 0.2) is 59.4 Å². The standard InChI is InChI=1S/C23H25N3O4/c1-2-3-9-14-26-23(29)19-13-8-7-12-18(19)21(25-26)22(28)24-15-20(27)30-16-17-10-5-4-6-11-17/h4-8,10-13H,2-3,9,14-16H2,1H3,(H,24,28). The Hall–Kier alpha value is -3.48. The zero-order valence-corrected chi connectivity index (χ0v) is 17.0. The fourth-order valence-electron chi connectivity index (χ4n) is 3.09. The van der Waals surface area contributed by atoms with Crippen molar-refractivity contribution in [1.29, 1.82) is 0 Å². The van der Waals surface area contributed by atoms with Crippen molar-refractivity contribution in [3.8, 4) is 0 Å². The van der Waals surface area contributed by atoms with Crippen molar-refractivity contribution < 1.29 is 14.3 Å². The number of unbranched alkanes of at least 4 members (excludes halogenated alkanes) is 2. The molecule has 0 atom stereocenters. The number of fused-ring (bicyclic) bond motifs is 1. The molecule has 1 N–H and O–H groups in total. The fourth-order valence-corrected chi connectivity index (χ4v) is 3.09. The molecule has 0 aliphatic heterocycles. The van der Waals surface area contributed by atoms with Crippen LogP contribution in [0.4, 0.5) is 0 Å². The molecule has 0 spiro atoms. The van der Waals surface area contributed by atoms with Crippen molar-refractivity contribution in [3.63, 3.8) is 0 Å². The number of carbonyl (C=O) groups excluding carboxylic acids is 2. The molecule has 0 unspecified atom stereocenters. The topological polar surface area (TPSA) is 90.3 Å². The first-order valence-electron chi connectivity index (χ1n) is 10.1. The van der Waals surface area contributed by atoms with Gasteiger partial charge in [-0.2, -0.15) is 5.10 Å². The van der Waals surface area contributed by atoms with Gasteiger partial charge in [-0.3, -0.25) is 14.4 Å². The molecule has 0 aliphatic carbocycles. The molecule has 0 aliphatic rings. The quantitative estimate of drug-likeness (QED) is 0.435. The Morgan fingerprint density at radius 3 is 2.43 bits per heavy atom. The lowest BCUT2D eigenvalue weighted by Gasteiger charge is -2.11. The van der Waals surface area contributed by atoms with E-state index >= 15 is 0 Å². The third kappa shape index (κ3) is 5.31. The highest BCUT2D eigenvalue weighted by atomic mass is 16.5. The van der Waals surface area contributed by atoms with Crippen LogP contribution in [-0.2, 0) is 22.7 Å². The average Bonchev–Trinajstić information content (AvgIpc) is 2.78. The Bertz CT molecular complexity index is 1080. The monoisotopic (exact) mass is 407 g/mol. The first-order chi connectivity index (χ1) is 14.6. The van der Waals surface area contributed by atoms with Crippen LogP contribution in [0.3, 0.4) is 0 Å². The molecule has 2 aromatic carbocycles. The lowest BCUT2D eigenvalue weighted by atomic mass is 10.1. The third-order valence-electron chi connectivity index (χ3n) is 4.69. The molecule has 3 rings (SSSR count). The molecule has 1 aromatic heterocycles. The zero-order valence-electron chi connectivity index (χ0n) is 17.0. The predicted octanol–water partition coefficient (Wildman–Crippen LogP) is 3.06. The van der Waals surface area contributed by atoms with E-state index in [4.69, 9.17) is 4.74 Å². The number of amides is 1. The summed E-state index contributed by atoms with van der Waals surface area (Å²) in [5, 5.41) is 7.73. The summed E-state index contributed by atoms with van der Waals surface area (Å²) in [6, 6.07) is 16.2. The second kappa shape index (κ2) is 10.3. The van der Waals surface area contributed by atoms with Crippen molar-refractivity contribution in [1.82, 2.24) is 15.1 Å². The summed E-state index contributed by atoms with van der Waals surface area (Å²) < 4.78 is 6.51. The predicted molar refractivity (Wildman–Crippen MR) is 114 cm³/mol. The fraction of sp³-hybridized carbons (Fsp3) is 0.304. The molecule has 7 heteroatoms. The first kappa shape index (κ1) is 21.2. The van der Waals surface area contributed by atoms with E-state index in [0.717, 1.165) is 24.8 Å². The number of carbonyl (C=O) groups is 2. The highest BCUT2D eigenvalue weighted by molar-refractivity contribution is 6.05. The van der Waals surface area contributed by atoms with Gasteiger partial charge in [0.25, 0.3) is 11.5 Å². The summed E-state index contributed by atoms with van der Waals surface area (Å²) in [5.74, 6) is -1.07. The van der Waals surface area contributed by atoms with Gasteiger partial charge in [0.1, 0.15) is 13.2 Å². The van der Waals surface area contributed by atoms with Gasteiger partial charge in [0, 0.05) is 11.9 Å². The van der Waals surface area contributed by atoms with Gasteiger partial charge in [0.05, 0.1) is 5.39 Å². The second-order valence-corrected chi connectivity index (χ2v) is 6.96. The summed E-state index contributed by atoms with van der Waals surface area (Å²) in [6.07, 6.45) is 2.78. The number of nitrogens with zero attached hydrogens (tertiary/aromatic N) is 2. The van der Waals surface area contributed by atoms with Gasteiger partial charge >= 0.3 is 5.97 Å². The van der Waals surface area contributed by atoms with Crippen LogP contribution in [0, 0.1) is 0 Å². The van der Waals surface area contributed by atoms with E-state index < -0.39 is 11.9 Å². The van der Waals surface area contributed by atoms with Crippen LogP contribution < -0.4 is 10.9 Å². The Kier molecular flexibility index (Phi) is 7.32. The van der Waals surface area contributed by atoms with Gasteiger partial charge in [-0.1, -0.05) is 68.3 Å². The summed E-state index contributed by atoms with van der Waals surface area (Å²) in [6.45, 7) is 2.37. The molecule has 0 saturated heterocycles. The minimum absolute atomic E-state index is 0.123. The van der Waals surface area contributed by atoms with Crippen LogP contribution >= 0.6 is 0 Å². The Balaban J connectivity index is 1.71. The van der Waals surface area contributed by atoms with Crippen LogP contribution in [0.25, 0.3) is 10.8 Å². The van der Waals surface area contributed by atoms with Gasteiger partial charge in [-0.25, -0.2) is 4.68 Å². The molecule has 0 fully saturated rings. The van der Waals surface area contributed by atoms with Gasteiger partial charge in [0.15, 0.2) is 5.69 Å². The number of ether oxygens (including phenoxy) is 1. The molecule has 0 radical (unpaired) electrons. The number of esters is 1. The lowest BCUT2D eigenvalue weighted by Crippen LogP contribution is -2.34. The molecule has 0 saturated carbocycles. The third-order valence-corrected chi connectivity index (χ3v) is 4.69. The van der Waals surface area contributed by atoms with E-state index in [0.29, 0.717) is 17.3 Å². The molecular formula is C23H25N3O4. The second-order valence-electron chi connectivity index (χ2n) is 6.96. The van der Waals surface area contributed by atoms with Crippen molar-refractivity contribution in [3.05, 3.63) is 76.2 Å². The van der Waals surface area contributed by atoms with Crippen LogP contribution in [0.1, 0.15) is 42.2 Å². The minimum atomic E-state index is -0.548. The highest BCUT2D eigenvalue weighted by Crippen LogP contribution is 2.13. The van der Waals surface area contributed by atoms with E-state index in [2.05, 4.69) is 17.3 Å². The molecule has 3 aromatic rings. The van der Waals surface area contributed by atoms with E-state index in [1.807, 2.05) is 30.3 Å². The molecule has 1 amide bonds. The van der Waals surface area contributed by atoms with E-state index in [1.54, 1.807) is 24.3 Å². The SMILES string of the molecule is CCCCCn1nc(C(=O)NCC(=O)OCc2ccccc2)c2ccccc2c1=O. The minimum Gasteiger partial charge on any atom is -0.460 e. The summed E-state index contributed by atoms with van der Waals surface area (Å²) in [4.78, 5) is 37.4. The number of aromatic nitrogens is 2. The van der Waals surface area contributed by atoms with Crippen molar-refractivity contribution >= 4 is 22.6 Å². The highest BCUT2D eigenvalue weighted by Gasteiger charge is 2.17. The van der Waals surface area contributed by atoms with Gasteiger partial charge in [-0.05, 0) is 18.1 Å². The number of benzene rings is 2. The van der Waals surface area contributed by atoms with Crippen molar-refractivity contribution in [2.24, 2.45) is 0 Å². The molecule has 30 heavy (non-hydrogen) atoms. The van der Waals surface area contributed by atoms with Gasteiger partial charge in [0.2, 0.25) is 0 Å². The summed E-state index contributed by atoms with van der Waals surface area (Å²) in [7, 11) is 0. The summed E-state index contributed by atoms with van der Waals surface area (Å²) in [5.41, 5.74) is 0.766. The maximum absolute atomic E-state index is 12.7. The Labute approximate surface area is 174 Å². The van der Waals surface area contributed by atoms with Crippen LogP contribution in [0.2, 0.25) is 0 Å². The normalized spacial score (nSPS) is 10.7. The van der Waals surface area contributed by atoms with E-state index in [-0.39, 0.29) is 24.4 Å². The molecule has 1 heterocycles. The van der Waals surface area contributed by atoms with Crippen LogP contribution in [0.5, 0.6) is 0 Å². The number of hydrogen-bond donors (Lipinski definition) is 1. The largest absolute Gasteiger partial charge is 0.460 e. The number of nitrogens with one attached hydrogen (secondary N) is 1. The van der Waals surface area contributed by atoms with E-state index in [1.165, 1.54) is 4.68 Å². The van der Waals surface area contributed by atoms with Gasteiger partial charge in [-0.15, -0.1) is 0 Å². The average molecular weight is 407 g/mol. The smallest absolute Gasteiger partial charge is 0.325 e. The number of hydrogen-bond acceptors (Lipinski definition) is 5. The van der Waals surface area contributed by atoms with Crippen LogP contribution in [-0.4, -0.2) is 28.2 Å². The maximum Gasteiger partial charge on any atom is 0.325 e. The van der Waals surface area contributed by atoms with Crippen molar-refractivity contribution in [2.75, 3.05) is 6.54 Å².